The maximum Gasteiger partial charge on any atom is 0.295 e. The van der Waals surface area contributed by atoms with Crippen LogP contribution in [0, 0.1) is 20.8 Å². The van der Waals surface area contributed by atoms with Crippen LogP contribution >= 0.6 is 0 Å². The van der Waals surface area contributed by atoms with Crippen LogP contribution in [0.4, 0.5) is 0 Å². The second-order valence-corrected chi connectivity index (χ2v) is 4.22. The Bertz CT molecular complexity index is 377. The lowest BCUT2D eigenvalue weighted by atomic mass is 9.89. The highest BCUT2D eigenvalue weighted by Gasteiger charge is 2.24. The first-order valence-electron chi connectivity index (χ1n) is 5.47. The molecule has 0 aliphatic heterocycles. The molecule has 1 aromatic rings. The Morgan fingerprint density at radius 2 is 1.82 bits per heavy atom. The van der Waals surface area contributed by atoms with E-state index in [9.17, 15) is 15.0 Å². The minimum absolute atomic E-state index is 0.187. The minimum Gasteiger partial charge on any atom is -0.437 e. The molecule has 0 aliphatic rings. The molecule has 2 N–H and O–H groups in total. The lowest BCUT2D eigenvalue weighted by Crippen LogP contribution is -2.26. The number of aliphatic hydroxyl groups excluding tert-OH is 2. The zero-order valence-corrected chi connectivity index (χ0v) is 10.3. The van der Waals surface area contributed by atoms with Crippen LogP contribution in [0.5, 0.6) is 0 Å². The fourth-order valence-corrected chi connectivity index (χ4v) is 2.25. The molecule has 0 fully saturated rings. The Kier molecular flexibility index (Phi) is 4.66. The number of carbonyl (C=O) groups excluding carboxylic acids is 1. The Balaban J connectivity index is 3.15. The first-order chi connectivity index (χ1) is 8.01. The molecule has 0 saturated carbocycles. The normalized spacial score (nSPS) is 14.2. The molecule has 0 radical (unpaired) electrons. The van der Waals surface area contributed by atoms with Gasteiger partial charge < -0.3 is 14.9 Å². The van der Waals surface area contributed by atoms with E-state index in [1.807, 2.05) is 32.9 Å². The molecule has 1 rings (SSSR count). The summed E-state index contributed by atoms with van der Waals surface area (Å²) in [6.07, 6.45) is -1.32. The van der Waals surface area contributed by atoms with Crippen molar-refractivity contribution in [3.63, 3.8) is 0 Å². The number of hydrogen-bond donors (Lipinski definition) is 2. The van der Waals surface area contributed by atoms with Gasteiger partial charge >= 0.3 is 0 Å². The van der Waals surface area contributed by atoms with E-state index in [2.05, 4.69) is 4.74 Å². The monoisotopic (exact) mass is 238 g/mol. The van der Waals surface area contributed by atoms with Crippen LogP contribution in [0.25, 0.3) is 0 Å². The highest BCUT2D eigenvalue weighted by molar-refractivity contribution is 5.42. The van der Waals surface area contributed by atoms with Crippen LogP contribution in [0.1, 0.15) is 28.2 Å². The molecule has 2 atom stereocenters. The fraction of sp³-hybridized carbons (Fsp3) is 0.462. The van der Waals surface area contributed by atoms with Gasteiger partial charge in [0.05, 0.1) is 12.5 Å². The van der Waals surface area contributed by atoms with Gasteiger partial charge in [0.15, 0.2) is 0 Å². The molecule has 94 valence electrons. The van der Waals surface area contributed by atoms with E-state index in [1.165, 1.54) is 0 Å². The molecule has 4 heteroatoms. The van der Waals surface area contributed by atoms with Gasteiger partial charge in [-0.1, -0.05) is 17.7 Å². The van der Waals surface area contributed by atoms with Gasteiger partial charge in [0.1, 0.15) is 0 Å². The third kappa shape index (κ3) is 3.05. The van der Waals surface area contributed by atoms with E-state index < -0.39 is 12.2 Å². The summed E-state index contributed by atoms with van der Waals surface area (Å²) in [6, 6.07) is 3.94. The highest BCUT2D eigenvalue weighted by atomic mass is 16.6. The fourth-order valence-electron chi connectivity index (χ4n) is 2.25. The molecular formula is C13H18O4. The summed E-state index contributed by atoms with van der Waals surface area (Å²) < 4.78 is 4.50. The molecule has 0 spiro atoms. The Morgan fingerprint density at radius 3 is 2.24 bits per heavy atom. The smallest absolute Gasteiger partial charge is 0.295 e. The quantitative estimate of drug-likeness (QED) is 0.597. The van der Waals surface area contributed by atoms with Crippen molar-refractivity contribution in [3.8, 4) is 0 Å². The number of carbonyl (C=O) groups is 1. The lowest BCUT2D eigenvalue weighted by Gasteiger charge is -2.23. The van der Waals surface area contributed by atoms with Crippen LogP contribution in [0.15, 0.2) is 12.1 Å². The molecule has 0 heterocycles. The molecule has 0 amide bonds. The Morgan fingerprint density at radius 1 is 1.29 bits per heavy atom. The number of rotatable bonds is 5. The van der Waals surface area contributed by atoms with E-state index in [0.29, 0.717) is 0 Å². The van der Waals surface area contributed by atoms with Crippen molar-refractivity contribution < 1.29 is 19.7 Å². The third-order valence-corrected chi connectivity index (χ3v) is 2.84. The summed E-state index contributed by atoms with van der Waals surface area (Å²) in [5.74, 6) is -0.610. The Hall–Kier alpha value is -1.39. The van der Waals surface area contributed by atoms with Gasteiger partial charge in [-0.15, -0.1) is 0 Å². The van der Waals surface area contributed by atoms with Gasteiger partial charge in [0.25, 0.3) is 6.47 Å². The average Bonchev–Trinajstić information content (AvgIpc) is 2.23. The maximum absolute atomic E-state index is 10.2. The van der Waals surface area contributed by atoms with Crippen LogP contribution in [0.3, 0.4) is 0 Å². The summed E-state index contributed by atoms with van der Waals surface area (Å²) in [4.78, 5) is 10.2. The number of hydrogen-bond acceptors (Lipinski definition) is 4. The number of aliphatic hydroxyl groups is 2. The predicted octanol–water partition coefficient (Wildman–Crippen LogP) is 1.18. The van der Waals surface area contributed by atoms with Gasteiger partial charge in [0.2, 0.25) is 6.29 Å². The third-order valence-electron chi connectivity index (χ3n) is 2.84. The van der Waals surface area contributed by atoms with Gasteiger partial charge in [-0.3, -0.25) is 4.79 Å². The molecule has 4 nitrogen and oxygen atoms in total. The summed E-state index contributed by atoms with van der Waals surface area (Å²) in [5, 5.41) is 19.0. The van der Waals surface area contributed by atoms with Gasteiger partial charge in [-0.25, -0.2) is 0 Å². The Labute approximate surface area is 101 Å². The molecule has 0 bridgehead atoms. The van der Waals surface area contributed by atoms with E-state index >= 15 is 0 Å². The summed E-state index contributed by atoms with van der Waals surface area (Å²) >= 11 is 0. The van der Waals surface area contributed by atoms with E-state index in [0.717, 1.165) is 22.3 Å². The average molecular weight is 238 g/mol. The van der Waals surface area contributed by atoms with Gasteiger partial charge in [0, 0.05) is 0 Å². The lowest BCUT2D eigenvalue weighted by molar-refractivity contribution is -0.157. The van der Waals surface area contributed by atoms with Crippen molar-refractivity contribution in [2.45, 2.75) is 33.0 Å². The molecule has 1 aromatic carbocycles. The molecular weight excluding hydrogens is 220 g/mol. The van der Waals surface area contributed by atoms with E-state index in [1.54, 1.807) is 0 Å². The summed E-state index contributed by atoms with van der Waals surface area (Å²) in [5.41, 5.74) is 3.88. The topological polar surface area (TPSA) is 66.8 Å². The second kappa shape index (κ2) is 5.80. The van der Waals surface area contributed by atoms with Gasteiger partial charge in [-0.2, -0.15) is 0 Å². The number of aryl methyl sites for hydroxylation is 3. The zero-order valence-electron chi connectivity index (χ0n) is 10.3. The summed E-state index contributed by atoms with van der Waals surface area (Å²) in [7, 11) is 0. The maximum atomic E-state index is 10.2. The minimum atomic E-state index is -1.32. The van der Waals surface area contributed by atoms with Crippen molar-refractivity contribution in [1.82, 2.24) is 0 Å². The van der Waals surface area contributed by atoms with Crippen molar-refractivity contribution in [2.24, 2.45) is 0 Å². The molecule has 0 aromatic heterocycles. The van der Waals surface area contributed by atoms with Crippen molar-refractivity contribution in [1.29, 1.82) is 0 Å². The predicted molar refractivity (Wildman–Crippen MR) is 63.6 cm³/mol. The van der Waals surface area contributed by atoms with Crippen LogP contribution in [-0.4, -0.2) is 29.6 Å². The van der Waals surface area contributed by atoms with Crippen molar-refractivity contribution in [2.75, 3.05) is 6.61 Å². The van der Waals surface area contributed by atoms with Crippen LogP contribution in [-0.2, 0) is 9.53 Å². The van der Waals surface area contributed by atoms with E-state index in [4.69, 9.17) is 0 Å². The van der Waals surface area contributed by atoms with Crippen molar-refractivity contribution >= 4 is 6.47 Å². The van der Waals surface area contributed by atoms with Gasteiger partial charge in [-0.05, 0) is 37.5 Å². The number of ether oxygens (including phenoxy) is 1. The van der Waals surface area contributed by atoms with Crippen LogP contribution in [0.2, 0.25) is 0 Å². The largest absolute Gasteiger partial charge is 0.437 e. The van der Waals surface area contributed by atoms with E-state index in [-0.39, 0.29) is 13.1 Å². The summed E-state index contributed by atoms with van der Waals surface area (Å²) in [6.45, 7) is 5.71. The SMILES string of the molecule is Cc1cc(C)c(C(CO)C(O)OC=O)c(C)c1. The molecule has 17 heavy (non-hydrogen) atoms. The highest BCUT2D eigenvalue weighted by Crippen LogP contribution is 2.27. The first kappa shape index (κ1) is 13.7. The standard InChI is InChI=1S/C13H18O4/c1-8-4-9(2)12(10(3)5-8)11(6-14)13(16)17-7-15/h4-5,7,11,13-14,16H,6H2,1-3H3. The molecule has 2 unspecified atom stereocenters. The van der Waals surface area contributed by atoms with Crippen LogP contribution < -0.4 is 0 Å². The molecule has 0 saturated heterocycles. The van der Waals surface area contributed by atoms with Crippen molar-refractivity contribution in [3.05, 3.63) is 34.4 Å². The number of benzene rings is 1. The molecule has 0 aliphatic carbocycles. The first-order valence-corrected chi connectivity index (χ1v) is 5.47. The second-order valence-electron chi connectivity index (χ2n) is 4.22. The zero-order chi connectivity index (χ0) is 13.0.